The molecule has 5 aromatic rings. The molecule has 0 spiro atoms. The number of benzene rings is 2. The molecule has 0 atom stereocenters. The summed E-state index contributed by atoms with van der Waals surface area (Å²) in [7, 11) is -3.27. The summed E-state index contributed by atoms with van der Waals surface area (Å²) in [4.78, 5) is 13.4. The number of nitriles is 1. The predicted octanol–water partition coefficient (Wildman–Crippen LogP) is 4.65. The zero-order valence-corrected chi connectivity index (χ0v) is 22.7. The fourth-order valence-electron chi connectivity index (χ4n) is 4.70. The number of halogens is 3. The van der Waals surface area contributed by atoms with Gasteiger partial charge >= 0.3 is 11.9 Å². The van der Waals surface area contributed by atoms with Crippen molar-refractivity contribution in [3.63, 3.8) is 0 Å². The van der Waals surface area contributed by atoms with E-state index in [1.807, 2.05) is 0 Å². The van der Waals surface area contributed by atoms with Crippen LogP contribution in [0.25, 0.3) is 33.7 Å². The van der Waals surface area contributed by atoms with Crippen molar-refractivity contribution in [1.29, 1.82) is 5.26 Å². The summed E-state index contributed by atoms with van der Waals surface area (Å²) in [5, 5.41) is 18.0. The van der Waals surface area contributed by atoms with Gasteiger partial charge in [-0.2, -0.15) is 23.5 Å². The molecule has 9 nitrogen and oxygen atoms in total. The highest BCUT2D eigenvalue weighted by Gasteiger charge is 2.31. The Morgan fingerprint density at radius 1 is 1.07 bits per heavy atom. The van der Waals surface area contributed by atoms with Crippen LogP contribution in [0.15, 0.2) is 71.8 Å². The Bertz CT molecular complexity index is 1980. The lowest BCUT2D eigenvalue weighted by molar-refractivity contribution is -0.137. The summed E-state index contributed by atoms with van der Waals surface area (Å²) >= 11 is 0. The average Bonchev–Trinajstić information content (AvgIpc) is 3.52. The highest BCUT2D eigenvalue weighted by atomic mass is 32.2. The first-order chi connectivity index (χ1) is 19.4. The monoisotopic (exact) mass is 580 g/mol. The second kappa shape index (κ2) is 10.4. The lowest BCUT2D eigenvalue weighted by Gasteiger charge is -2.16. The van der Waals surface area contributed by atoms with Crippen LogP contribution in [-0.2, 0) is 22.6 Å². The van der Waals surface area contributed by atoms with Crippen molar-refractivity contribution in [2.75, 3.05) is 12.0 Å². The normalized spacial score (nSPS) is 12.1. The molecule has 41 heavy (non-hydrogen) atoms. The smallest absolute Gasteiger partial charge is 0.249 e. The molecule has 2 aromatic carbocycles. The van der Waals surface area contributed by atoms with Crippen LogP contribution >= 0.6 is 0 Å². The second-order valence-corrected chi connectivity index (χ2v) is 11.9. The summed E-state index contributed by atoms with van der Waals surface area (Å²) in [5.41, 5.74) is 1.98. The van der Waals surface area contributed by atoms with Crippen molar-refractivity contribution in [1.82, 2.24) is 24.0 Å². The number of nitrogens with zero attached hydrogens (tertiary/aromatic N) is 6. The second-order valence-electron chi connectivity index (χ2n) is 9.59. The topological polar surface area (TPSA) is 115 Å². The minimum absolute atomic E-state index is 0.00711. The summed E-state index contributed by atoms with van der Waals surface area (Å²) in [5.74, 6) is -0.151. The molecular formula is C28H23F3N6O3S. The third-order valence-electron chi connectivity index (χ3n) is 6.65. The molecule has 0 fully saturated rings. The van der Waals surface area contributed by atoms with Gasteiger partial charge in [0.1, 0.15) is 9.84 Å². The predicted molar refractivity (Wildman–Crippen MR) is 146 cm³/mol. The highest BCUT2D eigenvalue weighted by Crippen LogP contribution is 2.37. The SMILES string of the molecule is Cc1c(-c2ccnn2-c2ccc(C#N)cc2)cn2c(=O)n(CCCS(C)(=O)=O)nc2c1-c1cccc(C(F)(F)F)c1. The van der Waals surface area contributed by atoms with Crippen LogP contribution in [0, 0.1) is 18.3 Å². The zero-order chi connectivity index (χ0) is 29.5. The number of aromatic nitrogens is 5. The van der Waals surface area contributed by atoms with Crippen molar-refractivity contribution in [2.45, 2.75) is 26.1 Å². The minimum Gasteiger partial charge on any atom is -0.249 e. The standard InChI is InChI=1S/C28H23F3N6O3S/c1-18-23(24-11-12-33-37(24)22-9-7-19(16-32)8-10-22)17-35-26(34-36(27(35)38)13-4-14-41(2,39)40)25(18)20-5-3-6-21(15-20)28(29,30)31/h3,5-12,15,17H,4,13-14H2,1-2H3. The van der Waals surface area contributed by atoms with Gasteiger partial charge in [-0.3, -0.25) is 0 Å². The van der Waals surface area contributed by atoms with E-state index in [1.54, 1.807) is 54.3 Å². The number of hydrogen-bond donors (Lipinski definition) is 0. The van der Waals surface area contributed by atoms with E-state index in [0.717, 1.165) is 23.1 Å². The van der Waals surface area contributed by atoms with Gasteiger partial charge in [0.2, 0.25) is 0 Å². The van der Waals surface area contributed by atoms with Crippen molar-refractivity contribution < 1.29 is 21.6 Å². The lowest BCUT2D eigenvalue weighted by atomic mass is 9.95. The van der Waals surface area contributed by atoms with E-state index in [4.69, 9.17) is 5.26 Å². The number of fused-ring (bicyclic) bond motifs is 1. The zero-order valence-electron chi connectivity index (χ0n) is 21.9. The molecule has 5 rings (SSSR count). The maximum Gasteiger partial charge on any atom is 0.416 e. The molecule has 210 valence electrons. The Kier molecular flexibility index (Phi) is 7.04. The lowest BCUT2D eigenvalue weighted by Crippen LogP contribution is -2.22. The fourth-order valence-corrected chi connectivity index (χ4v) is 5.36. The van der Waals surface area contributed by atoms with Gasteiger partial charge in [0.15, 0.2) is 5.65 Å². The number of pyridine rings is 1. The van der Waals surface area contributed by atoms with Crippen LogP contribution in [0.2, 0.25) is 0 Å². The van der Waals surface area contributed by atoms with Gasteiger partial charge in [0.05, 0.1) is 40.5 Å². The Balaban J connectivity index is 1.75. The highest BCUT2D eigenvalue weighted by molar-refractivity contribution is 7.90. The van der Waals surface area contributed by atoms with E-state index < -0.39 is 27.3 Å². The third kappa shape index (κ3) is 5.51. The Morgan fingerprint density at radius 3 is 2.46 bits per heavy atom. The van der Waals surface area contributed by atoms with Crippen molar-refractivity contribution in [3.8, 4) is 34.1 Å². The third-order valence-corrected chi connectivity index (χ3v) is 7.68. The molecule has 3 aromatic heterocycles. The summed E-state index contributed by atoms with van der Waals surface area (Å²) in [6.45, 7) is 1.74. The molecule has 0 bridgehead atoms. The van der Waals surface area contributed by atoms with Gasteiger partial charge in [0.25, 0.3) is 0 Å². The van der Waals surface area contributed by atoms with E-state index in [2.05, 4.69) is 16.3 Å². The number of alkyl halides is 3. The molecule has 0 aliphatic heterocycles. The fraction of sp³-hybridized carbons (Fsp3) is 0.214. The van der Waals surface area contributed by atoms with E-state index in [0.29, 0.717) is 33.6 Å². The molecule has 0 radical (unpaired) electrons. The Morgan fingerprint density at radius 2 is 1.80 bits per heavy atom. The largest absolute Gasteiger partial charge is 0.416 e. The van der Waals surface area contributed by atoms with Crippen molar-refractivity contribution in [2.24, 2.45) is 0 Å². The molecule has 13 heteroatoms. The van der Waals surface area contributed by atoms with E-state index in [1.165, 1.54) is 16.5 Å². The first-order valence-electron chi connectivity index (χ1n) is 12.4. The van der Waals surface area contributed by atoms with Crippen LogP contribution in [0.4, 0.5) is 13.2 Å². The van der Waals surface area contributed by atoms with E-state index in [-0.39, 0.29) is 29.9 Å². The van der Waals surface area contributed by atoms with Crippen LogP contribution in [0.3, 0.4) is 0 Å². The van der Waals surface area contributed by atoms with E-state index >= 15 is 0 Å². The van der Waals surface area contributed by atoms with Crippen molar-refractivity contribution >= 4 is 15.5 Å². The van der Waals surface area contributed by atoms with Crippen LogP contribution in [-0.4, -0.2) is 44.4 Å². The van der Waals surface area contributed by atoms with Gasteiger partial charge in [-0.25, -0.2) is 27.0 Å². The molecule has 0 N–H and O–H groups in total. The Hall–Kier alpha value is -4.70. The number of aryl methyl sites for hydroxylation is 1. The summed E-state index contributed by atoms with van der Waals surface area (Å²) in [6.07, 6.45) is -0.243. The molecule has 0 saturated carbocycles. The van der Waals surface area contributed by atoms with E-state index in [9.17, 15) is 26.4 Å². The first kappa shape index (κ1) is 27.9. The molecule has 0 unspecified atom stereocenters. The number of rotatable bonds is 7. The van der Waals surface area contributed by atoms with Crippen LogP contribution < -0.4 is 5.69 Å². The van der Waals surface area contributed by atoms with Gasteiger partial charge in [0, 0.05) is 30.1 Å². The van der Waals surface area contributed by atoms with Gasteiger partial charge in [-0.1, -0.05) is 12.1 Å². The van der Waals surface area contributed by atoms with Gasteiger partial charge in [-0.15, -0.1) is 5.10 Å². The molecular weight excluding hydrogens is 557 g/mol. The maximum atomic E-state index is 13.6. The quantitative estimate of drug-likeness (QED) is 0.277. The van der Waals surface area contributed by atoms with Crippen LogP contribution in [0.1, 0.15) is 23.1 Å². The van der Waals surface area contributed by atoms with Gasteiger partial charge < -0.3 is 0 Å². The van der Waals surface area contributed by atoms with Crippen molar-refractivity contribution in [3.05, 3.63) is 94.2 Å². The summed E-state index contributed by atoms with van der Waals surface area (Å²) in [6, 6.07) is 15.3. The summed E-state index contributed by atoms with van der Waals surface area (Å²) < 4.78 is 68.1. The minimum atomic E-state index is -4.59. The molecule has 0 amide bonds. The molecule has 3 heterocycles. The molecule has 0 saturated heterocycles. The number of hydrogen-bond acceptors (Lipinski definition) is 6. The molecule has 0 aliphatic rings. The average molecular weight is 581 g/mol. The first-order valence-corrected chi connectivity index (χ1v) is 14.5. The van der Waals surface area contributed by atoms with Gasteiger partial charge in [-0.05, 0) is 66.9 Å². The number of sulfone groups is 1. The maximum absolute atomic E-state index is 13.6. The Labute approximate surface area is 232 Å². The molecule has 0 aliphatic carbocycles. The van der Waals surface area contributed by atoms with Crippen LogP contribution in [0.5, 0.6) is 0 Å².